The molecule has 0 aliphatic heterocycles. The van der Waals surface area contributed by atoms with E-state index >= 15 is 0 Å². The van der Waals surface area contributed by atoms with E-state index in [0.717, 1.165) is 6.42 Å². The Morgan fingerprint density at radius 1 is 0.656 bits per heavy atom. The Morgan fingerprint density at radius 2 is 1.09 bits per heavy atom. The average molecular weight is 518 g/mol. The van der Waals surface area contributed by atoms with E-state index < -0.39 is 0 Å². The van der Waals surface area contributed by atoms with Gasteiger partial charge < -0.3 is 37.2 Å². The molecule has 4 rings (SSSR count). The van der Waals surface area contributed by atoms with Crippen molar-refractivity contribution >= 4 is 5.57 Å². The zero-order valence-corrected chi connectivity index (χ0v) is 22.7. The summed E-state index contributed by atoms with van der Waals surface area (Å²) in [5.74, 6) is 0.249. The van der Waals surface area contributed by atoms with E-state index in [2.05, 4.69) is 107 Å². The van der Waals surface area contributed by atoms with Crippen molar-refractivity contribution < 1.29 is 58.9 Å². The topological polar surface area (TPSA) is 0 Å². The fourth-order valence-corrected chi connectivity index (χ4v) is 4.54. The Bertz CT molecular complexity index is 993. The maximum atomic E-state index is 3.56. The first kappa shape index (κ1) is 30.7. The number of rotatable bonds is 4. The summed E-state index contributed by atoms with van der Waals surface area (Å²) in [7, 11) is 0. The number of hydrogen-bond acceptors (Lipinski definition) is 0. The summed E-state index contributed by atoms with van der Waals surface area (Å²) in [5.41, 5.74) is 12.0. The molecule has 0 heterocycles. The zero-order valence-electron chi connectivity index (χ0n) is 18.8. The van der Waals surface area contributed by atoms with Crippen molar-refractivity contribution in [1.82, 2.24) is 0 Å². The Balaban J connectivity index is 0.00000240. The minimum Gasteiger partial charge on any atom is -1.00 e. The molecule has 0 amide bonds. The van der Waals surface area contributed by atoms with Crippen LogP contribution in [-0.4, -0.2) is 0 Å². The molecule has 4 heteroatoms. The van der Waals surface area contributed by atoms with Gasteiger partial charge in [0.15, 0.2) is 0 Å². The van der Waals surface area contributed by atoms with Crippen LogP contribution in [0.3, 0.4) is 0 Å². The summed E-state index contributed by atoms with van der Waals surface area (Å²) >= 11 is 0. The zero-order chi connectivity index (χ0) is 19.7. The molecule has 0 aromatic heterocycles. The van der Waals surface area contributed by atoms with Crippen molar-refractivity contribution in [3.63, 3.8) is 0 Å². The van der Waals surface area contributed by atoms with Crippen LogP contribution in [0.15, 0.2) is 78.4 Å². The van der Waals surface area contributed by atoms with E-state index in [1.807, 2.05) is 0 Å². The van der Waals surface area contributed by atoms with Crippen molar-refractivity contribution in [1.29, 1.82) is 0 Å². The van der Waals surface area contributed by atoms with Crippen molar-refractivity contribution in [2.45, 2.75) is 40.0 Å². The number of halogens is 3. The molecule has 0 fully saturated rings. The van der Waals surface area contributed by atoms with Gasteiger partial charge in [-0.3, -0.25) is 0 Å². The largest absolute Gasteiger partial charge is 4.00 e. The summed E-state index contributed by atoms with van der Waals surface area (Å²) in [6, 6.07) is 24.6. The second-order valence-electron chi connectivity index (χ2n) is 8.09. The minimum absolute atomic E-state index is 0. The van der Waals surface area contributed by atoms with Crippen LogP contribution in [0.1, 0.15) is 51.3 Å². The molecule has 0 spiro atoms. The molecule has 0 atom stereocenters. The number of allylic oxidation sites excluding steroid dienone is 4. The monoisotopic (exact) mass is 516 g/mol. The number of aryl methyl sites for hydroxylation is 4. The second kappa shape index (κ2) is 13.4. The van der Waals surface area contributed by atoms with Crippen molar-refractivity contribution in [3.05, 3.63) is 123 Å². The summed E-state index contributed by atoms with van der Waals surface area (Å²) in [6.07, 6.45) is 6.70. The smallest absolute Gasteiger partial charge is 1.00 e. The predicted octanol–water partition coefficient (Wildman–Crippen LogP) is -1.72. The van der Waals surface area contributed by atoms with Crippen LogP contribution in [0.5, 0.6) is 0 Å². The molecule has 0 radical (unpaired) electrons. The third-order valence-corrected chi connectivity index (χ3v) is 5.46. The van der Waals surface area contributed by atoms with Gasteiger partial charge in [-0.2, -0.15) is 23.3 Å². The molecule has 3 aromatic rings. The minimum atomic E-state index is 0. The molecule has 0 saturated carbocycles. The van der Waals surface area contributed by atoms with Crippen LogP contribution in [0.25, 0.3) is 5.57 Å². The van der Waals surface area contributed by atoms with Gasteiger partial charge >= 0.3 is 21.7 Å². The summed E-state index contributed by atoms with van der Waals surface area (Å²) in [6.45, 7) is 8.78. The van der Waals surface area contributed by atoms with Crippen LogP contribution in [0, 0.1) is 33.8 Å². The first-order chi connectivity index (χ1) is 13.5. The molecule has 0 N–H and O–H groups in total. The predicted molar refractivity (Wildman–Crippen MR) is 119 cm³/mol. The van der Waals surface area contributed by atoms with Crippen LogP contribution < -0.4 is 37.2 Å². The summed E-state index contributed by atoms with van der Waals surface area (Å²) in [5, 5.41) is 0. The molecule has 164 valence electrons. The van der Waals surface area contributed by atoms with E-state index in [1.54, 1.807) is 0 Å². The standard InChI is InChI=1S/C28H27.3ClH.Ti/c1-19-13-20(2)16-24(15-19)28(25-17-21(3)14-22(4)18-25)27-12-8-11-26(27)23-9-6-5-7-10-23;;;;/h5-10,13-18,28H,12H2,1-4H3;3*1H;/q-1;;;;+4/p-3. The van der Waals surface area contributed by atoms with Crippen LogP contribution >= 0.6 is 0 Å². The normalized spacial score (nSPS) is 11.9. The number of hydrogen-bond donors (Lipinski definition) is 0. The molecular weight excluding hydrogens is 491 g/mol. The Hall–Kier alpha value is -1.28. The van der Waals surface area contributed by atoms with Gasteiger partial charge in [0.2, 0.25) is 0 Å². The van der Waals surface area contributed by atoms with E-state index in [0.29, 0.717) is 0 Å². The van der Waals surface area contributed by atoms with Gasteiger partial charge in [0.05, 0.1) is 0 Å². The average Bonchev–Trinajstić information content (AvgIpc) is 3.10. The maximum absolute atomic E-state index is 3.56. The Kier molecular flexibility index (Phi) is 12.9. The molecule has 0 unspecified atom stereocenters. The first-order valence-corrected chi connectivity index (χ1v) is 10.0. The van der Waals surface area contributed by atoms with Crippen LogP contribution in [0.4, 0.5) is 0 Å². The SMILES string of the molecule is Cc1cc(C)cc(C(C2=C(c3ccccc3)[C-]=CC2)c2cc(C)cc(C)c2)c1.[Cl-].[Cl-].[Cl-].[Ti+4]. The fourth-order valence-electron chi connectivity index (χ4n) is 4.54. The van der Waals surface area contributed by atoms with E-state index in [9.17, 15) is 0 Å². The molecule has 0 nitrogen and oxygen atoms in total. The third kappa shape index (κ3) is 6.86. The van der Waals surface area contributed by atoms with Gasteiger partial charge in [-0.15, -0.1) is 17.7 Å². The fraction of sp³-hybridized carbons (Fsp3) is 0.214. The van der Waals surface area contributed by atoms with Crippen molar-refractivity contribution in [2.75, 3.05) is 0 Å². The van der Waals surface area contributed by atoms with Gasteiger partial charge in [-0.25, -0.2) is 0 Å². The second-order valence-corrected chi connectivity index (χ2v) is 8.09. The van der Waals surface area contributed by atoms with Gasteiger partial charge in [-0.05, 0) is 44.7 Å². The molecular formula is C28H27Cl3Ti. The van der Waals surface area contributed by atoms with Crippen molar-refractivity contribution in [3.8, 4) is 0 Å². The summed E-state index contributed by atoms with van der Waals surface area (Å²) in [4.78, 5) is 0. The summed E-state index contributed by atoms with van der Waals surface area (Å²) < 4.78 is 0. The maximum Gasteiger partial charge on any atom is 4.00 e. The number of benzene rings is 3. The van der Waals surface area contributed by atoms with Gasteiger partial charge in [0, 0.05) is 0 Å². The molecule has 1 aliphatic rings. The molecule has 1 aliphatic carbocycles. The molecule has 32 heavy (non-hydrogen) atoms. The first-order valence-electron chi connectivity index (χ1n) is 10.0. The van der Waals surface area contributed by atoms with Gasteiger partial charge in [0.1, 0.15) is 0 Å². The van der Waals surface area contributed by atoms with Gasteiger partial charge in [0.25, 0.3) is 0 Å². The molecule has 0 bridgehead atoms. The third-order valence-electron chi connectivity index (χ3n) is 5.46. The quantitative estimate of drug-likeness (QED) is 0.285. The molecule has 3 aromatic carbocycles. The van der Waals surface area contributed by atoms with Gasteiger partial charge in [-0.1, -0.05) is 83.3 Å². The van der Waals surface area contributed by atoms with Crippen molar-refractivity contribution in [2.24, 2.45) is 0 Å². The Morgan fingerprint density at radius 3 is 1.53 bits per heavy atom. The molecule has 0 saturated heterocycles. The van der Waals surface area contributed by atoms with Crippen LogP contribution in [-0.2, 0) is 21.7 Å². The van der Waals surface area contributed by atoms with Crippen LogP contribution in [0.2, 0.25) is 0 Å². The van der Waals surface area contributed by atoms with E-state index in [4.69, 9.17) is 0 Å². The van der Waals surface area contributed by atoms with E-state index in [1.165, 1.54) is 50.1 Å². The Labute approximate surface area is 226 Å². The van der Waals surface area contributed by atoms with E-state index in [-0.39, 0.29) is 64.9 Å².